The molecule has 2 nitrogen and oxygen atoms in total. The third kappa shape index (κ3) is 3.69. The van der Waals surface area contributed by atoms with Gasteiger partial charge in [-0.2, -0.15) is 0 Å². The van der Waals surface area contributed by atoms with Crippen LogP contribution in [0.3, 0.4) is 0 Å². The molecule has 2 heteroatoms. The maximum Gasteiger partial charge on any atom is 0.0580 e. The molecule has 3 atom stereocenters. The fourth-order valence-electron chi connectivity index (χ4n) is 3.64. The first-order valence-electron chi connectivity index (χ1n) is 7.73. The summed E-state index contributed by atoms with van der Waals surface area (Å²) in [6.45, 7) is 4.74. The molecule has 0 aromatic heterocycles. The summed E-state index contributed by atoms with van der Waals surface area (Å²) >= 11 is 0. The first kappa shape index (κ1) is 13.4. The van der Waals surface area contributed by atoms with Gasteiger partial charge in [0.15, 0.2) is 0 Å². The fourth-order valence-corrected chi connectivity index (χ4v) is 3.64. The van der Waals surface area contributed by atoms with Gasteiger partial charge in [-0.25, -0.2) is 0 Å². The van der Waals surface area contributed by atoms with Crippen LogP contribution in [0.2, 0.25) is 0 Å². The topological polar surface area (TPSA) is 23.5 Å². The molecule has 2 fully saturated rings. The summed E-state index contributed by atoms with van der Waals surface area (Å²) in [7, 11) is 0. The van der Waals surface area contributed by atoms with Crippen molar-refractivity contribution < 1.29 is 5.11 Å². The minimum absolute atomic E-state index is 0.0236. The van der Waals surface area contributed by atoms with E-state index in [0.717, 1.165) is 19.0 Å². The van der Waals surface area contributed by atoms with Crippen LogP contribution in [0.5, 0.6) is 0 Å². The maximum absolute atomic E-state index is 10.1. The van der Waals surface area contributed by atoms with Gasteiger partial charge in [-0.3, -0.25) is 0 Å². The minimum atomic E-state index is -0.0236. The van der Waals surface area contributed by atoms with Crippen molar-refractivity contribution in [1.82, 2.24) is 4.90 Å². The second-order valence-electron chi connectivity index (χ2n) is 6.02. The molecule has 100 valence electrons. The first-order valence-corrected chi connectivity index (χ1v) is 7.73. The molecule has 1 aliphatic heterocycles. The van der Waals surface area contributed by atoms with Crippen LogP contribution in [0.15, 0.2) is 0 Å². The Kier molecular flexibility index (Phi) is 5.30. The molecule has 1 saturated carbocycles. The summed E-state index contributed by atoms with van der Waals surface area (Å²) in [6, 6.07) is 0.784. The van der Waals surface area contributed by atoms with E-state index < -0.39 is 0 Å². The number of hydrogen-bond donors (Lipinski definition) is 1. The van der Waals surface area contributed by atoms with E-state index in [-0.39, 0.29) is 6.10 Å². The van der Waals surface area contributed by atoms with Crippen molar-refractivity contribution in [3.8, 4) is 0 Å². The van der Waals surface area contributed by atoms with Gasteiger partial charge in [-0.05, 0) is 44.6 Å². The van der Waals surface area contributed by atoms with Crippen LogP contribution in [0.4, 0.5) is 0 Å². The number of aliphatic hydroxyl groups excluding tert-OH is 1. The number of aliphatic hydroxyl groups is 1. The molecule has 1 aliphatic carbocycles. The first-order chi connectivity index (χ1) is 8.31. The van der Waals surface area contributed by atoms with Crippen LogP contribution in [-0.2, 0) is 0 Å². The summed E-state index contributed by atoms with van der Waals surface area (Å²) in [5.41, 5.74) is 0. The largest absolute Gasteiger partial charge is 0.393 e. The quantitative estimate of drug-likeness (QED) is 0.817. The highest BCUT2D eigenvalue weighted by Gasteiger charge is 2.28. The monoisotopic (exact) mass is 239 g/mol. The predicted octanol–water partition coefficient (Wildman–Crippen LogP) is 3.19. The van der Waals surface area contributed by atoms with E-state index >= 15 is 0 Å². The summed E-state index contributed by atoms with van der Waals surface area (Å²) in [5, 5.41) is 10.1. The molecule has 0 aromatic rings. The third-order valence-corrected chi connectivity index (χ3v) is 4.81. The van der Waals surface area contributed by atoms with E-state index in [4.69, 9.17) is 0 Å². The molecule has 0 bridgehead atoms. The van der Waals surface area contributed by atoms with Gasteiger partial charge in [-0.15, -0.1) is 0 Å². The lowest BCUT2D eigenvalue weighted by atomic mass is 9.86. The van der Waals surface area contributed by atoms with Crippen molar-refractivity contribution in [2.75, 3.05) is 13.1 Å². The Morgan fingerprint density at radius 3 is 2.53 bits per heavy atom. The number of rotatable bonds is 3. The lowest BCUT2D eigenvalue weighted by molar-refractivity contribution is 0.0361. The Morgan fingerprint density at radius 1 is 1.00 bits per heavy atom. The molecule has 3 unspecified atom stereocenters. The SMILES string of the molecule is CCC1CCCCCN1CC1CCCCC1O. The highest BCUT2D eigenvalue weighted by atomic mass is 16.3. The van der Waals surface area contributed by atoms with Crippen molar-refractivity contribution >= 4 is 0 Å². The lowest BCUT2D eigenvalue weighted by Crippen LogP contribution is -2.42. The molecule has 1 N–H and O–H groups in total. The highest BCUT2D eigenvalue weighted by molar-refractivity contribution is 4.81. The summed E-state index contributed by atoms with van der Waals surface area (Å²) in [5.74, 6) is 0.552. The third-order valence-electron chi connectivity index (χ3n) is 4.81. The van der Waals surface area contributed by atoms with Crippen molar-refractivity contribution in [2.45, 2.75) is 76.9 Å². The molecule has 0 radical (unpaired) electrons. The van der Waals surface area contributed by atoms with Gasteiger partial charge in [0.25, 0.3) is 0 Å². The van der Waals surface area contributed by atoms with Crippen LogP contribution >= 0.6 is 0 Å². The molecule has 2 aliphatic rings. The normalized spacial score (nSPS) is 36.7. The van der Waals surface area contributed by atoms with E-state index in [1.165, 1.54) is 57.9 Å². The molecule has 2 rings (SSSR count). The molecule has 17 heavy (non-hydrogen) atoms. The Balaban J connectivity index is 1.89. The molecular formula is C15H29NO. The smallest absolute Gasteiger partial charge is 0.0580 e. The zero-order chi connectivity index (χ0) is 12.1. The predicted molar refractivity (Wildman–Crippen MR) is 72.1 cm³/mol. The molecular weight excluding hydrogens is 210 g/mol. The minimum Gasteiger partial charge on any atom is -0.393 e. The van der Waals surface area contributed by atoms with E-state index in [9.17, 15) is 5.11 Å². The average molecular weight is 239 g/mol. The van der Waals surface area contributed by atoms with Gasteiger partial charge in [0.1, 0.15) is 0 Å². The van der Waals surface area contributed by atoms with E-state index in [2.05, 4.69) is 11.8 Å². The molecule has 0 aromatic carbocycles. The summed E-state index contributed by atoms with van der Waals surface area (Å²) in [6.07, 6.45) is 11.6. The highest BCUT2D eigenvalue weighted by Crippen LogP contribution is 2.28. The van der Waals surface area contributed by atoms with E-state index in [1.807, 2.05) is 0 Å². The van der Waals surface area contributed by atoms with E-state index in [0.29, 0.717) is 5.92 Å². The second-order valence-corrected chi connectivity index (χ2v) is 6.02. The molecule has 0 spiro atoms. The Bertz CT molecular complexity index is 219. The fraction of sp³-hybridized carbons (Fsp3) is 1.00. The van der Waals surface area contributed by atoms with Gasteiger partial charge in [-0.1, -0.05) is 32.6 Å². The zero-order valence-corrected chi connectivity index (χ0v) is 11.4. The Morgan fingerprint density at radius 2 is 1.76 bits per heavy atom. The van der Waals surface area contributed by atoms with Crippen LogP contribution < -0.4 is 0 Å². The van der Waals surface area contributed by atoms with Crippen LogP contribution in [0.25, 0.3) is 0 Å². The van der Waals surface area contributed by atoms with E-state index in [1.54, 1.807) is 0 Å². The van der Waals surface area contributed by atoms with Crippen molar-refractivity contribution in [1.29, 1.82) is 0 Å². The maximum atomic E-state index is 10.1. The van der Waals surface area contributed by atoms with Crippen LogP contribution in [-0.4, -0.2) is 35.2 Å². The summed E-state index contributed by atoms with van der Waals surface area (Å²) in [4.78, 5) is 2.69. The standard InChI is InChI=1S/C15H29NO/c1-2-14-9-4-3-7-11-16(14)12-13-8-5-6-10-15(13)17/h13-15,17H,2-12H2,1H3. The number of nitrogens with zero attached hydrogens (tertiary/aromatic N) is 1. The van der Waals surface area contributed by atoms with Crippen molar-refractivity contribution in [3.05, 3.63) is 0 Å². The molecule has 1 saturated heterocycles. The van der Waals surface area contributed by atoms with Gasteiger partial charge in [0.05, 0.1) is 6.10 Å². The Hall–Kier alpha value is -0.0800. The van der Waals surface area contributed by atoms with Gasteiger partial charge in [0, 0.05) is 12.6 Å². The van der Waals surface area contributed by atoms with Crippen molar-refractivity contribution in [3.63, 3.8) is 0 Å². The Labute approximate surface area is 106 Å². The van der Waals surface area contributed by atoms with Crippen molar-refractivity contribution in [2.24, 2.45) is 5.92 Å². The van der Waals surface area contributed by atoms with Gasteiger partial charge < -0.3 is 10.0 Å². The average Bonchev–Trinajstić information content (AvgIpc) is 2.57. The molecule has 1 heterocycles. The zero-order valence-electron chi connectivity index (χ0n) is 11.4. The second kappa shape index (κ2) is 6.75. The van der Waals surface area contributed by atoms with Gasteiger partial charge >= 0.3 is 0 Å². The lowest BCUT2D eigenvalue weighted by Gasteiger charge is -2.36. The summed E-state index contributed by atoms with van der Waals surface area (Å²) < 4.78 is 0. The van der Waals surface area contributed by atoms with Gasteiger partial charge in [0.2, 0.25) is 0 Å². The van der Waals surface area contributed by atoms with Crippen LogP contribution in [0.1, 0.15) is 64.7 Å². The molecule has 0 amide bonds. The number of hydrogen-bond acceptors (Lipinski definition) is 2. The van der Waals surface area contributed by atoms with Crippen LogP contribution in [0, 0.1) is 5.92 Å². The number of likely N-dealkylation sites (tertiary alicyclic amines) is 1.